The van der Waals surface area contributed by atoms with Gasteiger partial charge in [-0.1, -0.05) is 0 Å². The molecule has 0 bridgehead atoms. The third-order valence-electron chi connectivity index (χ3n) is 2.88. The number of benzene rings is 1. The molecular weight excluding hydrogens is 403 g/mol. The van der Waals surface area contributed by atoms with Gasteiger partial charge in [0.25, 0.3) is 5.91 Å². The molecule has 144 valence electrons. The molecule has 2 rings (SSSR count). The lowest BCUT2D eigenvalue weighted by atomic mass is 10.1. The van der Waals surface area contributed by atoms with E-state index in [4.69, 9.17) is 5.73 Å². The molecule has 1 amide bonds. The summed E-state index contributed by atoms with van der Waals surface area (Å²) in [6, 6.07) is 3.33. The van der Waals surface area contributed by atoms with Gasteiger partial charge in [0.15, 0.2) is 0 Å². The van der Waals surface area contributed by atoms with Crippen molar-refractivity contribution < 1.29 is 17.6 Å². The number of hydrogen-bond donors (Lipinski definition) is 3. The summed E-state index contributed by atoms with van der Waals surface area (Å²) in [5.41, 5.74) is 4.98. The van der Waals surface area contributed by atoms with Gasteiger partial charge in [-0.3, -0.25) is 4.79 Å². The number of aromatic nitrogens is 1. The predicted octanol–water partition coefficient (Wildman–Crippen LogP) is 2.49. The second-order valence-corrected chi connectivity index (χ2v) is 8.88. The van der Waals surface area contributed by atoms with E-state index in [0.717, 1.165) is 12.1 Å². The largest absolute Gasteiger partial charge is 0.325 e. The number of nitrogens with one attached hydrogen (secondary N) is 2. The Hall–Kier alpha value is -1.59. The topological polar surface area (TPSA) is 114 Å². The summed E-state index contributed by atoms with van der Waals surface area (Å²) >= 11 is 1.24. The Balaban J connectivity index is 0.00000338. The molecule has 1 heterocycles. The van der Waals surface area contributed by atoms with Crippen molar-refractivity contribution in [3.8, 4) is 0 Å². The molecule has 0 aliphatic rings. The maximum Gasteiger partial charge on any atom is 0.275 e. The average Bonchev–Trinajstić information content (AvgIpc) is 2.95. The minimum Gasteiger partial charge on any atom is -0.325 e. The molecule has 2 aromatic rings. The van der Waals surface area contributed by atoms with Crippen LogP contribution < -0.4 is 15.8 Å². The van der Waals surface area contributed by atoms with Gasteiger partial charge in [0, 0.05) is 23.2 Å². The summed E-state index contributed by atoms with van der Waals surface area (Å²) in [7, 11) is -4.08. The van der Waals surface area contributed by atoms with Crippen molar-refractivity contribution in [3.63, 3.8) is 0 Å². The normalized spacial score (nSPS) is 11.7. The van der Waals surface area contributed by atoms with E-state index < -0.39 is 32.2 Å². The number of nitrogens with zero attached hydrogens (tertiary/aromatic N) is 1. The maximum absolute atomic E-state index is 14.0. The molecule has 0 radical (unpaired) electrons. The number of thiazole rings is 1. The first-order chi connectivity index (χ1) is 11.5. The molecule has 11 heteroatoms. The number of sulfonamides is 1. The van der Waals surface area contributed by atoms with Crippen LogP contribution in [0.1, 0.15) is 36.3 Å². The molecule has 0 aliphatic carbocycles. The highest BCUT2D eigenvalue weighted by molar-refractivity contribution is 7.89. The monoisotopic (exact) mass is 422 g/mol. The summed E-state index contributed by atoms with van der Waals surface area (Å²) in [4.78, 5) is 15.6. The predicted molar refractivity (Wildman–Crippen MR) is 102 cm³/mol. The number of amides is 1. The lowest BCUT2D eigenvalue weighted by Gasteiger charge is -2.20. The number of nitrogens with two attached hydrogens (primary N) is 1. The summed E-state index contributed by atoms with van der Waals surface area (Å²) in [5.74, 6) is -1.44. The molecule has 1 aromatic heterocycles. The molecular formula is C15H20ClFN4O3S2. The van der Waals surface area contributed by atoms with E-state index in [9.17, 15) is 17.6 Å². The highest BCUT2D eigenvalue weighted by Crippen LogP contribution is 2.22. The molecule has 1 aromatic carbocycles. The Labute approximate surface area is 161 Å². The summed E-state index contributed by atoms with van der Waals surface area (Å²) in [6.45, 7) is 5.15. The number of carbonyl (C=O) groups is 1. The zero-order valence-electron chi connectivity index (χ0n) is 14.4. The van der Waals surface area contributed by atoms with Crippen LogP contribution in [0.5, 0.6) is 0 Å². The van der Waals surface area contributed by atoms with Crippen LogP contribution in [0.25, 0.3) is 0 Å². The molecule has 0 unspecified atom stereocenters. The Morgan fingerprint density at radius 3 is 2.54 bits per heavy atom. The van der Waals surface area contributed by atoms with Crippen molar-refractivity contribution in [2.45, 2.75) is 37.8 Å². The lowest BCUT2D eigenvalue weighted by Crippen LogP contribution is -2.40. The standard InChI is InChI=1S/C15H19FN4O3S2.ClH/c1-15(2,3)20-25(22,23)12-6-9(4-5-10(12)16)18-14(21)11-8-24-13(7-17)19-11;/h4-6,8,20H,7,17H2,1-3H3,(H,18,21);1H. The number of rotatable bonds is 5. The zero-order chi connectivity index (χ0) is 18.8. The molecule has 7 nitrogen and oxygen atoms in total. The van der Waals surface area contributed by atoms with Crippen molar-refractivity contribution in [1.29, 1.82) is 0 Å². The molecule has 0 saturated heterocycles. The van der Waals surface area contributed by atoms with E-state index in [1.54, 1.807) is 26.2 Å². The fourth-order valence-electron chi connectivity index (χ4n) is 1.95. The van der Waals surface area contributed by atoms with E-state index in [1.807, 2.05) is 0 Å². The van der Waals surface area contributed by atoms with Crippen LogP contribution in [0.15, 0.2) is 28.5 Å². The van der Waals surface area contributed by atoms with Gasteiger partial charge in [-0.15, -0.1) is 23.7 Å². The third kappa shape index (κ3) is 5.71. The van der Waals surface area contributed by atoms with Gasteiger partial charge in [-0.2, -0.15) is 0 Å². The van der Waals surface area contributed by atoms with Crippen LogP contribution in [-0.4, -0.2) is 24.8 Å². The Bertz CT molecular complexity index is 895. The molecule has 0 aliphatic heterocycles. The fraction of sp³-hybridized carbons (Fsp3) is 0.333. The number of hydrogen-bond acceptors (Lipinski definition) is 6. The second-order valence-electron chi connectivity index (χ2n) is 6.29. The summed E-state index contributed by atoms with van der Waals surface area (Å²) in [6.07, 6.45) is 0. The maximum atomic E-state index is 14.0. The van der Waals surface area contributed by atoms with E-state index in [0.29, 0.717) is 5.01 Å². The lowest BCUT2D eigenvalue weighted by molar-refractivity contribution is 0.102. The molecule has 0 saturated carbocycles. The fourth-order valence-corrected chi connectivity index (χ4v) is 4.13. The van der Waals surface area contributed by atoms with Crippen LogP contribution in [0.4, 0.5) is 10.1 Å². The quantitative estimate of drug-likeness (QED) is 0.684. The Morgan fingerprint density at radius 1 is 1.35 bits per heavy atom. The smallest absolute Gasteiger partial charge is 0.275 e. The molecule has 4 N–H and O–H groups in total. The molecule has 0 atom stereocenters. The third-order valence-corrected chi connectivity index (χ3v) is 5.52. The van der Waals surface area contributed by atoms with Crippen molar-refractivity contribution in [2.75, 3.05) is 5.32 Å². The summed E-state index contributed by atoms with van der Waals surface area (Å²) < 4.78 is 41.0. The van der Waals surface area contributed by atoms with Crippen LogP contribution in [0.3, 0.4) is 0 Å². The molecule has 0 spiro atoms. The van der Waals surface area contributed by atoms with Gasteiger partial charge >= 0.3 is 0 Å². The van der Waals surface area contributed by atoms with E-state index in [1.165, 1.54) is 17.4 Å². The van der Waals surface area contributed by atoms with E-state index >= 15 is 0 Å². The number of carbonyl (C=O) groups excluding carboxylic acids is 1. The minimum absolute atomic E-state index is 0. The van der Waals surface area contributed by atoms with Crippen molar-refractivity contribution in [2.24, 2.45) is 5.73 Å². The SMILES string of the molecule is CC(C)(C)NS(=O)(=O)c1cc(NC(=O)c2csc(CN)n2)ccc1F.Cl. The Morgan fingerprint density at radius 2 is 2.00 bits per heavy atom. The van der Waals surface area contributed by atoms with Crippen molar-refractivity contribution >= 4 is 45.4 Å². The van der Waals surface area contributed by atoms with E-state index in [2.05, 4.69) is 15.0 Å². The van der Waals surface area contributed by atoms with Crippen LogP contribution >= 0.6 is 23.7 Å². The average molecular weight is 423 g/mol. The van der Waals surface area contributed by atoms with Crippen LogP contribution in [0, 0.1) is 5.82 Å². The van der Waals surface area contributed by atoms with Gasteiger partial charge in [-0.25, -0.2) is 22.5 Å². The van der Waals surface area contributed by atoms with Gasteiger partial charge in [0.1, 0.15) is 21.4 Å². The highest BCUT2D eigenvalue weighted by atomic mass is 35.5. The number of halogens is 2. The Kier molecular flexibility index (Phi) is 7.25. The van der Waals surface area contributed by atoms with Crippen molar-refractivity contribution in [1.82, 2.24) is 9.71 Å². The van der Waals surface area contributed by atoms with Gasteiger partial charge in [0.2, 0.25) is 10.0 Å². The van der Waals surface area contributed by atoms with Gasteiger partial charge < -0.3 is 11.1 Å². The first-order valence-electron chi connectivity index (χ1n) is 7.31. The van der Waals surface area contributed by atoms with E-state index in [-0.39, 0.29) is 30.3 Å². The second kappa shape index (κ2) is 8.40. The first kappa shape index (κ1) is 22.5. The van der Waals surface area contributed by atoms with Gasteiger partial charge in [-0.05, 0) is 39.0 Å². The molecule has 0 fully saturated rings. The minimum atomic E-state index is -4.08. The summed E-state index contributed by atoms with van der Waals surface area (Å²) in [5, 5.41) is 4.64. The van der Waals surface area contributed by atoms with Crippen molar-refractivity contribution in [3.05, 3.63) is 40.1 Å². The number of anilines is 1. The zero-order valence-corrected chi connectivity index (χ0v) is 16.8. The first-order valence-corrected chi connectivity index (χ1v) is 9.67. The van der Waals surface area contributed by atoms with Crippen LogP contribution in [-0.2, 0) is 16.6 Å². The van der Waals surface area contributed by atoms with Crippen LogP contribution in [0.2, 0.25) is 0 Å². The molecule has 26 heavy (non-hydrogen) atoms. The highest BCUT2D eigenvalue weighted by Gasteiger charge is 2.25. The van der Waals surface area contributed by atoms with Gasteiger partial charge in [0.05, 0.1) is 0 Å².